The molecule has 0 radical (unpaired) electrons. The van der Waals surface area contributed by atoms with Crippen LogP contribution in [0.1, 0.15) is 27.2 Å². The Bertz CT molecular complexity index is 169. The summed E-state index contributed by atoms with van der Waals surface area (Å²) in [7, 11) is 0. The van der Waals surface area contributed by atoms with Gasteiger partial charge < -0.3 is 10.6 Å². The van der Waals surface area contributed by atoms with E-state index in [2.05, 4.69) is 30.6 Å². The van der Waals surface area contributed by atoms with Crippen LogP contribution in [0.25, 0.3) is 0 Å². The standard InChI is InChI=1S/C11H25N3S/c1-4-7-14(10-11(12)15)9-8-13(5-2)6-3/h4-10H2,1-3H3,(H2,12,15). The lowest BCUT2D eigenvalue weighted by Crippen LogP contribution is -2.39. The van der Waals surface area contributed by atoms with Crippen molar-refractivity contribution < 1.29 is 0 Å². The normalized spacial score (nSPS) is 11.3. The average molecular weight is 231 g/mol. The fourth-order valence-corrected chi connectivity index (χ4v) is 1.81. The van der Waals surface area contributed by atoms with Gasteiger partial charge in [-0.1, -0.05) is 33.0 Å². The lowest BCUT2D eigenvalue weighted by Gasteiger charge is -2.25. The molecule has 15 heavy (non-hydrogen) atoms. The molecular weight excluding hydrogens is 206 g/mol. The molecule has 0 spiro atoms. The fraction of sp³-hybridized carbons (Fsp3) is 0.909. The zero-order chi connectivity index (χ0) is 11.7. The summed E-state index contributed by atoms with van der Waals surface area (Å²) < 4.78 is 0. The molecule has 0 aliphatic heterocycles. The maximum atomic E-state index is 5.57. The predicted molar refractivity (Wildman–Crippen MR) is 71.3 cm³/mol. The monoisotopic (exact) mass is 231 g/mol. The average Bonchev–Trinajstić information content (AvgIpc) is 2.18. The first-order valence-corrected chi connectivity index (χ1v) is 6.27. The second kappa shape index (κ2) is 9.07. The van der Waals surface area contributed by atoms with Crippen molar-refractivity contribution in [3.63, 3.8) is 0 Å². The summed E-state index contributed by atoms with van der Waals surface area (Å²) in [5.41, 5.74) is 5.57. The van der Waals surface area contributed by atoms with Gasteiger partial charge in [0.2, 0.25) is 0 Å². The summed E-state index contributed by atoms with van der Waals surface area (Å²) in [6.07, 6.45) is 1.15. The first-order chi connectivity index (χ1) is 7.13. The highest BCUT2D eigenvalue weighted by atomic mass is 32.1. The Hall–Kier alpha value is -0.190. The van der Waals surface area contributed by atoms with E-state index in [1.54, 1.807) is 0 Å². The van der Waals surface area contributed by atoms with Gasteiger partial charge in [0, 0.05) is 19.6 Å². The molecule has 0 aromatic rings. The quantitative estimate of drug-likeness (QED) is 0.607. The Kier molecular flexibility index (Phi) is 8.95. The van der Waals surface area contributed by atoms with Gasteiger partial charge in [-0.3, -0.25) is 4.90 Å². The minimum Gasteiger partial charge on any atom is -0.392 e. The number of likely N-dealkylation sites (N-methyl/N-ethyl adjacent to an activating group) is 1. The van der Waals surface area contributed by atoms with Crippen molar-refractivity contribution in [3.8, 4) is 0 Å². The predicted octanol–water partition coefficient (Wildman–Crippen LogP) is 1.33. The largest absolute Gasteiger partial charge is 0.392 e. The molecule has 0 aromatic heterocycles. The van der Waals surface area contributed by atoms with Gasteiger partial charge in [-0.05, 0) is 26.1 Å². The van der Waals surface area contributed by atoms with Gasteiger partial charge in [0.05, 0.1) is 4.99 Å². The Morgan fingerprint density at radius 3 is 1.93 bits per heavy atom. The van der Waals surface area contributed by atoms with E-state index in [-0.39, 0.29) is 0 Å². The molecule has 0 unspecified atom stereocenters. The lowest BCUT2D eigenvalue weighted by molar-refractivity contribution is 0.231. The number of hydrogen-bond acceptors (Lipinski definition) is 3. The van der Waals surface area contributed by atoms with Crippen LogP contribution in [0.15, 0.2) is 0 Å². The summed E-state index contributed by atoms with van der Waals surface area (Å²) in [4.78, 5) is 5.35. The van der Waals surface area contributed by atoms with E-state index in [0.29, 0.717) is 4.99 Å². The molecule has 0 heterocycles. The molecule has 0 saturated carbocycles. The highest BCUT2D eigenvalue weighted by Gasteiger charge is 2.06. The third kappa shape index (κ3) is 7.71. The second-order valence-electron chi connectivity index (χ2n) is 3.77. The van der Waals surface area contributed by atoms with Gasteiger partial charge in [-0.15, -0.1) is 0 Å². The molecule has 0 aliphatic carbocycles. The van der Waals surface area contributed by atoms with Gasteiger partial charge in [-0.2, -0.15) is 0 Å². The van der Waals surface area contributed by atoms with Crippen molar-refractivity contribution in [1.29, 1.82) is 0 Å². The zero-order valence-corrected chi connectivity index (χ0v) is 11.1. The van der Waals surface area contributed by atoms with Crippen molar-refractivity contribution in [2.24, 2.45) is 5.73 Å². The number of nitrogens with two attached hydrogens (primary N) is 1. The molecule has 3 nitrogen and oxygen atoms in total. The van der Waals surface area contributed by atoms with Crippen LogP contribution < -0.4 is 5.73 Å². The third-order valence-electron chi connectivity index (χ3n) is 2.55. The first kappa shape index (κ1) is 14.8. The van der Waals surface area contributed by atoms with Crippen LogP contribution in [0.5, 0.6) is 0 Å². The Morgan fingerprint density at radius 2 is 1.53 bits per heavy atom. The molecule has 0 rings (SSSR count). The topological polar surface area (TPSA) is 32.5 Å². The number of hydrogen-bond donors (Lipinski definition) is 1. The number of thiocarbonyl (C=S) groups is 1. The Morgan fingerprint density at radius 1 is 1.00 bits per heavy atom. The first-order valence-electron chi connectivity index (χ1n) is 5.87. The van der Waals surface area contributed by atoms with Crippen LogP contribution in [-0.2, 0) is 0 Å². The highest BCUT2D eigenvalue weighted by molar-refractivity contribution is 7.80. The third-order valence-corrected chi connectivity index (χ3v) is 2.68. The van der Waals surface area contributed by atoms with Gasteiger partial charge in [0.1, 0.15) is 0 Å². The second-order valence-corrected chi connectivity index (χ2v) is 4.29. The van der Waals surface area contributed by atoms with Crippen molar-refractivity contribution >= 4 is 17.2 Å². The van der Waals surface area contributed by atoms with E-state index in [4.69, 9.17) is 18.0 Å². The number of rotatable bonds is 9. The summed E-state index contributed by atoms with van der Waals surface area (Å²) in [6.45, 7) is 12.8. The van der Waals surface area contributed by atoms with Crippen molar-refractivity contribution in [1.82, 2.24) is 9.80 Å². The zero-order valence-electron chi connectivity index (χ0n) is 10.3. The molecule has 0 aliphatic rings. The Balaban J connectivity index is 3.88. The molecule has 2 N–H and O–H groups in total. The van der Waals surface area contributed by atoms with E-state index in [1.165, 1.54) is 0 Å². The molecule has 0 saturated heterocycles. The maximum absolute atomic E-state index is 5.57. The molecule has 90 valence electrons. The van der Waals surface area contributed by atoms with Crippen LogP contribution in [0.3, 0.4) is 0 Å². The van der Waals surface area contributed by atoms with E-state index in [0.717, 1.165) is 45.7 Å². The van der Waals surface area contributed by atoms with E-state index in [9.17, 15) is 0 Å². The molecule has 0 aromatic carbocycles. The van der Waals surface area contributed by atoms with Crippen molar-refractivity contribution in [3.05, 3.63) is 0 Å². The molecular formula is C11H25N3S. The maximum Gasteiger partial charge on any atom is 0.0870 e. The summed E-state index contributed by atoms with van der Waals surface area (Å²) in [5, 5.41) is 0. The Labute approximate surface area is 99.6 Å². The van der Waals surface area contributed by atoms with Crippen molar-refractivity contribution in [2.75, 3.05) is 39.3 Å². The van der Waals surface area contributed by atoms with Gasteiger partial charge >= 0.3 is 0 Å². The molecule has 4 heteroatoms. The van der Waals surface area contributed by atoms with Crippen molar-refractivity contribution in [2.45, 2.75) is 27.2 Å². The molecule has 0 atom stereocenters. The number of nitrogens with zero attached hydrogens (tertiary/aromatic N) is 2. The van der Waals surface area contributed by atoms with Crippen LogP contribution in [0, 0.1) is 0 Å². The van der Waals surface area contributed by atoms with Gasteiger partial charge in [-0.25, -0.2) is 0 Å². The van der Waals surface area contributed by atoms with Gasteiger partial charge in [0.25, 0.3) is 0 Å². The molecule has 0 fully saturated rings. The van der Waals surface area contributed by atoms with Crippen LogP contribution in [-0.4, -0.2) is 54.1 Å². The smallest absolute Gasteiger partial charge is 0.0870 e. The lowest BCUT2D eigenvalue weighted by atomic mass is 10.3. The summed E-state index contributed by atoms with van der Waals surface area (Å²) in [5.74, 6) is 0. The minimum atomic E-state index is 0.600. The highest BCUT2D eigenvalue weighted by Crippen LogP contribution is 1.94. The molecule has 0 amide bonds. The van der Waals surface area contributed by atoms with E-state index < -0.39 is 0 Å². The van der Waals surface area contributed by atoms with E-state index in [1.807, 2.05) is 0 Å². The molecule has 0 bridgehead atoms. The van der Waals surface area contributed by atoms with Crippen LogP contribution in [0.4, 0.5) is 0 Å². The van der Waals surface area contributed by atoms with Crippen LogP contribution >= 0.6 is 12.2 Å². The SMILES string of the molecule is CCCN(CCN(CC)CC)CC(N)=S. The minimum absolute atomic E-state index is 0.600. The van der Waals surface area contributed by atoms with Crippen LogP contribution in [0.2, 0.25) is 0 Å². The van der Waals surface area contributed by atoms with Gasteiger partial charge in [0.15, 0.2) is 0 Å². The summed E-state index contributed by atoms with van der Waals surface area (Å²) in [6, 6.07) is 0. The fourth-order valence-electron chi connectivity index (χ4n) is 1.63. The summed E-state index contributed by atoms with van der Waals surface area (Å²) >= 11 is 4.95. The van der Waals surface area contributed by atoms with E-state index >= 15 is 0 Å².